The van der Waals surface area contributed by atoms with Crippen molar-refractivity contribution < 1.29 is 14.8 Å². The summed E-state index contributed by atoms with van der Waals surface area (Å²) in [4.78, 5) is 10.1. The van der Waals surface area contributed by atoms with Gasteiger partial charge >= 0.3 is 0 Å². The van der Waals surface area contributed by atoms with Gasteiger partial charge in [0, 0.05) is 18.1 Å². The molecule has 0 atom stereocenters. The fourth-order valence-electron chi connectivity index (χ4n) is 1.43. The van der Waals surface area contributed by atoms with Crippen molar-refractivity contribution in [1.82, 2.24) is 0 Å². The van der Waals surface area contributed by atoms with E-state index in [1.807, 2.05) is 0 Å². The van der Waals surface area contributed by atoms with Crippen LogP contribution in [0.1, 0.15) is 24.8 Å². The maximum Gasteiger partial charge on any atom is 0.273 e. The molecule has 0 aromatic heterocycles. The van der Waals surface area contributed by atoms with Crippen LogP contribution in [0.3, 0.4) is 0 Å². The summed E-state index contributed by atoms with van der Waals surface area (Å²) in [5.74, 6) is 2.88. The zero-order chi connectivity index (χ0) is 13.4. The molecule has 0 saturated heterocycles. The molecular formula is C13H15NO4. The Hall–Kier alpha value is -2.06. The fourth-order valence-corrected chi connectivity index (χ4v) is 1.43. The average Bonchev–Trinajstić information content (AvgIpc) is 2.38. The van der Waals surface area contributed by atoms with Gasteiger partial charge in [0.15, 0.2) is 0 Å². The Labute approximate surface area is 106 Å². The minimum atomic E-state index is -0.494. The van der Waals surface area contributed by atoms with E-state index in [1.54, 1.807) is 0 Å². The van der Waals surface area contributed by atoms with Gasteiger partial charge in [0.25, 0.3) is 5.69 Å². The van der Waals surface area contributed by atoms with E-state index in [0.717, 1.165) is 12.8 Å². The van der Waals surface area contributed by atoms with Crippen LogP contribution >= 0.6 is 0 Å². The van der Waals surface area contributed by atoms with Crippen LogP contribution in [0.25, 0.3) is 0 Å². The first-order chi connectivity index (χ1) is 8.69. The van der Waals surface area contributed by atoms with Gasteiger partial charge in [0.1, 0.15) is 5.75 Å². The number of nitro groups is 1. The lowest BCUT2D eigenvalue weighted by molar-refractivity contribution is -0.385. The predicted molar refractivity (Wildman–Crippen MR) is 67.2 cm³/mol. The minimum Gasteiger partial charge on any atom is -0.493 e. The van der Waals surface area contributed by atoms with E-state index >= 15 is 0 Å². The number of nitro benzene ring substituents is 1. The molecule has 0 aliphatic heterocycles. The maximum absolute atomic E-state index is 10.6. The van der Waals surface area contributed by atoms with Gasteiger partial charge in [-0.3, -0.25) is 10.1 Å². The van der Waals surface area contributed by atoms with Crippen LogP contribution in [-0.4, -0.2) is 16.6 Å². The molecule has 0 aliphatic rings. The molecule has 0 spiro atoms. The van der Waals surface area contributed by atoms with Gasteiger partial charge in [-0.2, -0.15) is 0 Å². The molecule has 1 aromatic rings. The zero-order valence-corrected chi connectivity index (χ0v) is 9.96. The Kier molecular flexibility index (Phi) is 5.68. The molecule has 1 rings (SSSR count). The highest BCUT2D eigenvalue weighted by atomic mass is 16.6. The van der Waals surface area contributed by atoms with Gasteiger partial charge in [-0.1, -0.05) is 0 Å². The van der Waals surface area contributed by atoms with E-state index in [4.69, 9.17) is 16.3 Å². The van der Waals surface area contributed by atoms with E-state index < -0.39 is 4.92 Å². The van der Waals surface area contributed by atoms with Gasteiger partial charge in [0.2, 0.25) is 0 Å². The summed E-state index contributed by atoms with van der Waals surface area (Å²) < 4.78 is 5.43. The van der Waals surface area contributed by atoms with Crippen molar-refractivity contribution in [3.8, 4) is 18.1 Å². The number of unbranched alkanes of at least 4 members (excludes halogenated alkanes) is 2. The molecule has 0 radical (unpaired) electrons. The third-order valence-electron chi connectivity index (χ3n) is 2.40. The van der Waals surface area contributed by atoms with Gasteiger partial charge in [-0.25, -0.2) is 0 Å². The number of nitrogens with zero attached hydrogens (tertiary/aromatic N) is 1. The highest BCUT2D eigenvalue weighted by Gasteiger charge is 2.11. The number of ether oxygens (including phenoxy) is 1. The molecule has 0 unspecified atom stereocenters. The number of hydrogen-bond acceptors (Lipinski definition) is 4. The Morgan fingerprint density at radius 1 is 1.44 bits per heavy atom. The van der Waals surface area contributed by atoms with Crippen LogP contribution < -0.4 is 4.74 Å². The molecule has 0 aliphatic carbocycles. The number of benzene rings is 1. The SMILES string of the molecule is C#CCCCCOc1cc([N+](=O)[O-])ccc1CO. The second kappa shape index (κ2) is 7.30. The van der Waals surface area contributed by atoms with Gasteiger partial charge < -0.3 is 9.84 Å². The summed E-state index contributed by atoms with van der Waals surface area (Å²) >= 11 is 0. The normalized spacial score (nSPS) is 9.78. The molecule has 18 heavy (non-hydrogen) atoms. The lowest BCUT2D eigenvalue weighted by Gasteiger charge is -2.09. The fraction of sp³-hybridized carbons (Fsp3) is 0.385. The van der Waals surface area contributed by atoms with E-state index in [9.17, 15) is 10.1 Å². The third kappa shape index (κ3) is 4.07. The van der Waals surface area contributed by atoms with Crippen LogP contribution in [0.5, 0.6) is 5.75 Å². The molecule has 5 nitrogen and oxygen atoms in total. The Morgan fingerprint density at radius 3 is 2.83 bits per heavy atom. The second-order valence-corrected chi connectivity index (χ2v) is 3.72. The average molecular weight is 249 g/mol. The lowest BCUT2D eigenvalue weighted by atomic mass is 10.2. The smallest absolute Gasteiger partial charge is 0.273 e. The maximum atomic E-state index is 10.6. The summed E-state index contributed by atoms with van der Waals surface area (Å²) in [7, 11) is 0. The highest BCUT2D eigenvalue weighted by Crippen LogP contribution is 2.25. The minimum absolute atomic E-state index is 0.0502. The molecule has 0 saturated carbocycles. The van der Waals surface area contributed by atoms with Crippen LogP contribution in [0, 0.1) is 22.5 Å². The number of non-ortho nitro benzene ring substituents is 1. The highest BCUT2D eigenvalue weighted by molar-refractivity contribution is 5.44. The molecule has 0 amide bonds. The van der Waals surface area contributed by atoms with E-state index in [0.29, 0.717) is 24.3 Å². The first kappa shape index (κ1) is 14.0. The Morgan fingerprint density at radius 2 is 2.22 bits per heavy atom. The largest absolute Gasteiger partial charge is 0.493 e. The van der Waals surface area contributed by atoms with Crippen molar-refractivity contribution in [2.75, 3.05) is 6.61 Å². The monoisotopic (exact) mass is 249 g/mol. The number of aliphatic hydroxyl groups excluding tert-OH is 1. The third-order valence-corrected chi connectivity index (χ3v) is 2.40. The first-order valence-corrected chi connectivity index (χ1v) is 5.63. The van der Waals surface area contributed by atoms with E-state index in [-0.39, 0.29) is 12.3 Å². The summed E-state index contributed by atoms with van der Waals surface area (Å²) in [6.07, 6.45) is 7.43. The van der Waals surface area contributed by atoms with Crippen molar-refractivity contribution >= 4 is 5.69 Å². The summed E-state index contributed by atoms with van der Waals surface area (Å²) in [5.41, 5.74) is 0.489. The molecule has 0 heterocycles. The Balaban J connectivity index is 2.64. The summed E-state index contributed by atoms with van der Waals surface area (Å²) in [6.45, 7) is 0.216. The van der Waals surface area contributed by atoms with Crippen LogP contribution in [0.2, 0.25) is 0 Å². The molecule has 0 fully saturated rings. The molecule has 96 valence electrons. The predicted octanol–water partition coefficient (Wildman–Crippen LogP) is 2.27. The number of aliphatic hydroxyl groups is 1. The summed E-state index contributed by atoms with van der Waals surface area (Å²) in [5, 5.41) is 19.7. The number of rotatable bonds is 7. The quantitative estimate of drug-likeness (QED) is 0.348. The number of hydrogen-bond donors (Lipinski definition) is 1. The van der Waals surface area contributed by atoms with Crippen molar-refractivity contribution in [2.45, 2.75) is 25.9 Å². The zero-order valence-electron chi connectivity index (χ0n) is 9.96. The van der Waals surface area contributed by atoms with Gasteiger partial charge in [-0.15, -0.1) is 12.3 Å². The van der Waals surface area contributed by atoms with Gasteiger partial charge in [0.05, 0.1) is 24.2 Å². The molecular weight excluding hydrogens is 234 g/mol. The number of terminal acetylenes is 1. The molecule has 1 N–H and O–H groups in total. The Bertz CT molecular complexity index is 451. The second-order valence-electron chi connectivity index (χ2n) is 3.72. The molecule has 0 bridgehead atoms. The molecule has 1 aromatic carbocycles. The van der Waals surface area contributed by atoms with Crippen molar-refractivity contribution in [3.05, 3.63) is 33.9 Å². The van der Waals surface area contributed by atoms with Crippen LogP contribution in [-0.2, 0) is 6.61 Å². The topological polar surface area (TPSA) is 72.6 Å². The first-order valence-electron chi connectivity index (χ1n) is 5.63. The van der Waals surface area contributed by atoms with Crippen LogP contribution in [0.4, 0.5) is 5.69 Å². The standard InChI is InChI=1S/C13H15NO4/c1-2-3-4-5-8-18-13-9-12(14(16)17)7-6-11(13)10-15/h1,6-7,9,15H,3-5,8,10H2. The van der Waals surface area contributed by atoms with E-state index in [1.165, 1.54) is 18.2 Å². The van der Waals surface area contributed by atoms with E-state index in [2.05, 4.69) is 5.92 Å². The van der Waals surface area contributed by atoms with Gasteiger partial charge in [-0.05, 0) is 18.9 Å². The summed E-state index contributed by atoms with van der Waals surface area (Å²) in [6, 6.07) is 4.17. The van der Waals surface area contributed by atoms with Crippen molar-refractivity contribution in [2.24, 2.45) is 0 Å². The lowest BCUT2D eigenvalue weighted by Crippen LogP contribution is -2.01. The molecule has 5 heteroatoms. The van der Waals surface area contributed by atoms with Crippen LogP contribution in [0.15, 0.2) is 18.2 Å². The van der Waals surface area contributed by atoms with Crippen molar-refractivity contribution in [1.29, 1.82) is 0 Å². The van der Waals surface area contributed by atoms with Crippen molar-refractivity contribution in [3.63, 3.8) is 0 Å².